The van der Waals surface area contributed by atoms with Crippen LogP contribution in [0.5, 0.6) is 5.75 Å². The number of rotatable bonds is 5. The van der Waals surface area contributed by atoms with Gasteiger partial charge in [0.25, 0.3) is 0 Å². The molecule has 0 aliphatic heterocycles. The van der Waals surface area contributed by atoms with Crippen molar-refractivity contribution in [2.24, 2.45) is 0 Å². The maximum atomic E-state index is 6.14. The van der Waals surface area contributed by atoms with E-state index in [9.17, 15) is 0 Å². The zero-order valence-corrected chi connectivity index (χ0v) is 11.9. The molecule has 19 heavy (non-hydrogen) atoms. The van der Waals surface area contributed by atoms with Crippen LogP contribution in [0.2, 0.25) is 5.02 Å². The lowest BCUT2D eigenvalue weighted by Gasteiger charge is -2.19. The summed E-state index contributed by atoms with van der Waals surface area (Å²) in [5, 5.41) is 4.12. The van der Waals surface area contributed by atoms with Crippen LogP contribution < -0.4 is 10.1 Å². The molecule has 0 amide bonds. The van der Waals surface area contributed by atoms with E-state index >= 15 is 0 Å². The fourth-order valence-corrected chi connectivity index (χ4v) is 2.32. The van der Waals surface area contributed by atoms with E-state index in [1.165, 1.54) is 5.56 Å². The largest absolute Gasteiger partial charge is 0.495 e. The lowest BCUT2D eigenvalue weighted by Crippen LogP contribution is -2.09. The molecule has 0 spiro atoms. The van der Waals surface area contributed by atoms with Gasteiger partial charge in [0, 0.05) is 5.69 Å². The fraction of sp³-hybridized carbons (Fsp3) is 0.250. The molecule has 0 aliphatic rings. The number of methoxy groups -OCH3 is 1. The molecule has 0 aromatic heterocycles. The Morgan fingerprint density at radius 3 is 2.47 bits per heavy atom. The zero-order valence-electron chi connectivity index (χ0n) is 11.2. The van der Waals surface area contributed by atoms with Gasteiger partial charge in [-0.25, -0.2) is 0 Å². The molecule has 0 heterocycles. The molecular formula is C16H18ClNO. The number of hydrogen-bond acceptors (Lipinski definition) is 2. The lowest BCUT2D eigenvalue weighted by atomic mass is 10.0. The van der Waals surface area contributed by atoms with Gasteiger partial charge < -0.3 is 10.1 Å². The molecule has 2 aromatic rings. The molecule has 1 unspecified atom stereocenters. The Hall–Kier alpha value is -1.67. The standard InChI is InChI=1S/C16H18ClNO/c1-3-15(12-7-5-4-6-8-12)18-13-9-10-16(19-2)14(17)11-13/h4-11,15,18H,3H2,1-2H3. The first-order valence-corrected chi connectivity index (χ1v) is 6.77. The average Bonchev–Trinajstić information content (AvgIpc) is 2.46. The molecule has 0 saturated carbocycles. The smallest absolute Gasteiger partial charge is 0.137 e. The summed E-state index contributed by atoms with van der Waals surface area (Å²) in [6.07, 6.45) is 1.01. The first-order chi connectivity index (χ1) is 9.24. The topological polar surface area (TPSA) is 21.3 Å². The lowest BCUT2D eigenvalue weighted by molar-refractivity contribution is 0.415. The van der Waals surface area contributed by atoms with Gasteiger partial charge in [0.15, 0.2) is 0 Å². The van der Waals surface area contributed by atoms with Crippen LogP contribution in [0.1, 0.15) is 24.9 Å². The molecule has 2 aromatic carbocycles. The van der Waals surface area contributed by atoms with Gasteiger partial charge in [-0.15, -0.1) is 0 Å². The van der Waals surface area contributed by atoms with Gasteiger partial charge in [-0.2, -0.15) is 0 Å². The highest BCUT2D eigenvalue weighted by Crippen LogP contribution is 2.29. The Balaban J connectivity index is 2.17. The minimum Gasteiger partial charge on any atom is -0.495 e. The summed E-state index contributed by atoms with van der Waals surface area (Å²) < 4.78 is 5.16. The van der Waals surface area contributed by atoms with Crippen LogP contribution in [0.25, 0.3) is 0 Å². The van der Waals surface area contributed by atoms with Gasteiger partial charge in [0.1, 0.15) is 5.75 Å². The number of benzene rings is 2. The van der Waals surface area contributed by atoms with E-state index in [1.54, 1.807) is 7.11 Å². The molecular weight excluding hydrogens is 258 g/mol. The Morgan fingerprint density at radius 2 is 1.89 bits per heavy atom. The molecule has 3 heteroatoms. The molecule has 2 nitrogen and oxygen atoms in total. The Morgan fingerprint density at radius 1 is 1.16 bits per heavy atom. The zero-order chi connectivity index (χ0) is 13.7. The second-order valence-corrected chi connectivity index (χ2v) is 4.77. The fourth-order valence-electron chi connectivity index (χ4n) is 2.06. The molecule has 1 atom stereocenters. The maximum absolute atomic E-state index is 6.14. The molecule has 0 saturated heterocycles. The minimum atomic E-state index is 0.283. The highest BCUT2D eigenvalue weighted by molar-refractivity contribution is 6.32. The molecule has 0 radical (unpaired) electrons. The maximum Gasteiger partial charge on any atom is 0.137 e. The van der Waals surface area contributed by atoms with Crippen LogP contribution in [0.4, 0.5) is 5.69 Å². The van der Waals surface area contributed by atoms with Crippen LogP contribution in [-0.2, 0) is 0 Å². The SMILES string of the molecule is CCC(Nc1ccc(OC)c(Cl)c1)c1ccccc1. The van der Waals surface area contributed by atoms with Crippen molar-refractivity contribution in [3.05, 3.63) is 59.1 Å². The number of nitrogens with one attached hydrogen (secondary N) is 1. The number of halogens is 1. The quantitative estimate of drug-likeness (QED) is 0.837. The summed E-state index contributed by atoms with van der Waals surface area (Å²) >= 11 is 6.14. The van der Waals surface area contributed by atoms with Gasteiger partial charge in [0.05, 0.1) is 18.2 Å². The summed E-state index contributed by atoms with van der Waals surface area (Å²) in [4.78, 5) is 0. The van der Waals surface area contributed by atoms with E-state index in [1.807, 2.05) is 24.3 Å². The van der Waals surface area contributed by atoms with Crippen LogP contribution in [0, 0.1) is 0 Å². The third-order valence-corrected chi connectivity index (χ3v) is 3.40. The number of anilines is 1. The van der Waals surface area contributed by atoms with Gasteiger partial charge in [-0.3, -0.25) is 0 Å². The second kappa shape index (κ2) is 6.48. The average molecular weight is 276 g/mol. The normalized spacial score (nSPS) is 11.9. The Kier molecular flexibility index (Phi) is 4.69. The van der Waals surface area contributed by atoms with Crippen molar-refractivity contribution in [1.29, 1.82) is 0 Å². The molecule has 2 rings (SSSR count). The summed E-state index contributed by atoms with van der Waals surface area (Å²) in [7, 11) is 1.62. The number of ether oxygens (including phenoxy) is 1. The van der Waals surface area contributed by atoms with Gasteiger partial charge in [-0.05, 0) is 30.2 Å². The predicted molar refractivity (Wildman–Crippen MR) is 81.1 cm³/mol. The third-order valence-electron chi connectivity index (χ3n) is 3.10. The van der Waals surface area contributed by atoms with Gasteiger partial charge >= 0.3 is 0 Å². The van der Waals surface area contributed by atoms with E-state index in [-0.39, 0.29) is 6.04 Å². The van der Waals surface area contributed by atoms with E-state index < -0.39 is 0 Å². The first-order valence-electron chi connectivity index (χ1n) is 6.39. The number of hydrogen-bond donors (Lipinski definition) is 1. The van der Waals surface area contributed by atoms with Crippen molar-refractivity contribution in [3.63, 3.8) is 0 Å². The highest BCUT2D eigenvalue weighted by Gasteiger charge is 2.09. The van der Waals surface area contributed by atoms with E-state index in [0.717, 1.165) is 12.1 Å². The monoisotopic (exact) mass is 275 g/mol. The Bertz CT molecular complexity index is 528. The van der Waals surface area contributed by atoms with Crippen LogP contribution in [0.15, 0.2) is 48.5 Å². The van der Waals surface area contributed by atoms with Crippen LogP contribution in [0.3, 0.4) is 0 Å². The predicted octanol–water partition coefficient (Wildman–Crippen LogP) is 4.91. The van der Waals surface area contributed by atoms with Crippen molar-refractivity contribution in [1.82, 2.24) is 0 Å². The Labute approximate surface area is 119 Å². The molecule has 0 aliphatic carbocycles. The summed E-state index contributed by atoms with van der Waals surface area (Å²) in [5.41, 5.74) is 2.28. The molecule has 1 N–H and O–H groups in total. The van der Waals surface area contributed by atoms with Crippen molar-refractivity contribution in [3.8, 4) is 5.75 Å². The van der Waals surface area contributed by atoms with Gasteiger partial charge in [0.2, 0.25) is 0 Å². The van der Waals surface area contributed by atoms with Crippen molar-refractivity contribution in [2.45, 2.75) is 19.4 Å². The van der Waals surface area contributed by atoms with E-state index in [4.69, 9.17) is 16.3 Å². The molecule has 0 bridgehead atoms. The van der Waals surface area contributed by atoms with Crippen LogP contribution in [-0.4, -0.2) is 7.11 Å². The summed E-state index contributed by atoms with van der Waals surface area (Å²) in [5.74, 6) is 0.694. The molecule has 0 fully saturated rings. The first kappa shape index (κ1) is 13.8. The van der Waals surface area contributed by atoms with Crippen molar-refractivity contribution in [2.75, 3.05) is 12.4 Å². The molecule has 100 valence electrons. The third kappa shape index (κ3) is 3.42. The van der Waals surface area contributed by atoms with Crippen molar-refractivity contribution >= 4 is 17.3 Å². The summed E-state index contributed by atoms with van der Waals surface area (Å²) in [6, 6.07) is 16.4. The van der Waals surface area contributed by atoms with Crippen LogP contribution >= 0.6 is 11.6 Å². The minimum absolute atomic E-state index is 0.283. The van der Waals surface area contributed by atoms with Gasteiger partial charge in [-0.1, -0.05) is 48.9 Å². The highest BCUT2D eigenvalue weighted by atomic mass is 35.5. The van der Waals surface area contributed by atoms with E-state index in [2.05, 4.69) is 36.5 Å². The van der Waals surface area contributed by atoms with E-state index in [0.29, 0.717) is 10.8 Å². The second-order valence-electron chi connectivity index (χ2n) is 4.37. The summed E-state index contributed by atoms with van der Waals surface area (Å²) in [6.45, 7) is 2.16. The van der Waals surface area contributed by atoms with Crippen molar-refractivity contribution < 1.29 is 4.74 Å².